The number of hydrogen-bond acceptors (Lipinski definition) is 5. The summed E-state index contributed by atoms with van der Waals surface area (Å²) in [7, 11) is 0.213. The smallest absolute Gasteiger partial charge is 0.240 e. The maximum atomic E-state index is 12.5. The van der Waals surface area contributed by atoms with Crippen LogP contribution < -0.4 is 14.4 Å². The predicted octanol–water partition coefficient (Wildman–Crippen LogP) is 2.67. The lowest BCUT2D eigenvalue weighted by molar-refractivity contribution is 0.313. The van der Waals surface area contributed by atoms with E-state index in [1.165, 1.54) is 11.3 Å². The summed E-state index contributed by atoms with van der Waals surface area (Å²) in [5, 5.41) is 0. The summed E-state index contributed by atoms with van der Waals surface area (Å²) in [6.45, 7) is 6.49. The molecule has 0 radical (unpaired) electrons. The van der Waals surface area contributed by atoms with E-state index in [1.54, 1.807) is 32.2 Å². The Morgan fingerprint density at radius 3 is 2.34 bits per heavy atom. The van der Waals surface area contributed by atoms with Crippen LogP contribution in [0.15, 0.2) is 47.4 Å². The lowest BCUT2D eigenvalue weighted by Gasteiger charge is -2.34. The molecule has 1 fully saturated rings. The van der Waals surface area contributed by atoms with E-state index < -0.39 is 10.0 Å². The van der Waals surface area contributed by atoms with Crippen molar-refractivity contribution in [2.45, 2.75) is 24.7 Å². The van der Waals surface area contributed by atoms with Crippen LogP contribution in [0.3, 0.4) is 0 Å². The molecule has 0 unspecified atom stereocenters. The van der Waals surface area contributed by atoms with Crippen molar-refractivity contribution in [1.82, 2.24) is 9.62 Å². The van der Waals surface area contributed by atoms with Crippen LogP contribution in [0.4, 0.5) is 5.69 Å². The van der Waals surface area contributed by atoms with E-state index in [9.17, 15) is 8.42 Å². The second-order valence-corrected chi connectivity index (χ2v) is 9.32. The number of piperazine rings is 1. The fraction of sp³-hybridized carbons (Fsp3) is 0.455. The Hall–Kier alpha value is -2.09. The highest BCUT2D eigenvalue weighted by molar-refractivity contribution is 7.89. The molecule has 0 spiro atoms. The van der Waals surface area contributed by atoms with Gasteiger partial charge in [-0.05, 0) is 68.3 Å². The van der Waals surface area contributed by atoms with E-state index in [2.05, 4.69) is 45.8 Å². The molecular formula is C22H31N3O3S. The molecule has 29 heavy (non-hydrogen) atoms. The van der Waals surface area contributed by atoms with Crippen LogP contribution >= 0.6 is 0 Å². The van der Waals surface area contributed by atoms with Gasteiger partial charge in [-0.15, -0.1) is 0 Å². The maximum Gasteiger partial charge on any atom is 0.240 e. The maximum absolute atomic E-state index is 12.5. The Labute approximate surface area is 174 Å². The number of hydrogen-bond donors (Lipinski definition) is 1. The lowest BCUT2D eigenvalue weighted by atomic mass is 10.1. The Balaban J connectivity index is 1.48. The number of nitrogens with zero attached hydrogens (tertiary/aromatic N) is 2. The molecule has 0 aliphatic carbocycles. The van der Waals surface area contributed by atoms with Gasteiger partial charge in [-0.25, -0.2) is 13.1 Å². The van der Waals surface area contributed by atoms with Crippen molar-refractivity contribution in [3.63, 3.8) is 0 Å². The van der Waals surface area contributed by atoms with Crippen molar-refractivity contribution < 1.29 is 13.2 Å². The molecule has 3 rings (SSSR count). The second-order valence-electron chi connectivity index (χ2n) is 7.59. The Kier molecular flexibility index (Phi) is 7.16. The van der Waals surface area contributed by atoms with Gasteiger partial charge in [0.05, 0.1) is 12.0 Å². The summed E-state index contributed by atoms with van der Waals surface area (Å²) in [5.74, 6) is 0.654. The zero-order valence-corrected chi connectivity index (χ0v) is 18.3. The summed E-state index contributed by atoms with van der Waals surface area (Å²) in [4.78, 5) is 5.06. The number of anilines is 1. The lowest BCUT2D eigenvalue weighted by Crippen LogP contribution is -2.44. The van der Waals surface area contributed by atoms with Crippen LogP contribution in [0.5, 0.6) is 5.75 Å². The number of aryl methyl sites for hydroxylation is 2. The third kappa shape index (κ3) is 5.72. The number of benzene rings is 2. The molecule has 2 aromatic rings. The van der Waals surface area contributed by atoms with Gasteiger partial charge in [-0.2, -0.15) is 0 Å². The molecule has 1 N–H and O–H groups in total. The molecule has 7 heteroatoms. The van der Waals surface area contributed by atoms with Gasteiger partial charge in [0.25, 0.3) is 0 Å². The molecule has 158 valence electrons. The summed E-state index contributed by atoms with van der Waals surface area (Å²) >= 11 is 0. The first-order valence-electron chi connectivity index (χ1n) is 10.1. The standard InChI is InChI=1S/C22H31N3O3S/c1-18-17-21(28-3)10-11-22(18)29(26,27)23-12-4-5-19-6-8-20(9-7-19)25-15-13-24(2)14-16-25/h6-11,17,23H,4-5,12-16H2,1-3H3. The van der Waals surface area contributed by atoms with Crippen molar-refractivity contribution in [2.24, 2.45) is 0 Å². The molecule has 0 bridgehead atoms. The summed E-state index contributed by atoms with van der Waals surface area (Å²) < 4.78 is 32.9. The fourth-order valence-electron chi connectivity index (χ4n) is 3.57. The molecule has 1 heterocycles. The number of nitrogens with one attached hydrogen (secondary N) is 1. The van der Waals surface area contributed by atoms with Crippen molar-refractivity contribution in [2.75, 3.05) is 51.8 Å². The number of ether oxygens (including phenoxy) is 1. The molecule has 0 aromatic heterocycles. The van der Waals surface area contributed by atoms with Crippen LogP contribution in [-0.2, 0) is 16.4 Å². The van der Waals surface area contributed by atoms with Crippen LogP contribution in [0, 0.1) is 6.92 Å². The van der Waals surface area contributed by atoms with Gasteiger partial charge in [-0.1, -0.05) is 12.1 Å². The van der Waals surface area contributed by atoms with Crippen molar-refractivity contribution in [3.05, 3.63) is 53.6 Å². The second kappa shape index (κ2) is 9.61. The van der Waals surface area contributed by atoms with E-state index in [4.69, 9.17) is 4.74 Å². The summed E-state index contributed by atoms with van der Waals surface area (Å²) in [6.07, 6.45) is 1.59. The molecule has 0 atom stereocenters. The molecular weight excluding hydrogens is 386 g/mol. The first kappa shape index (κ1) is 21.6. The zero-order valence-electron chi connectivity index (χ0n) is 17.5. The number of rotatable bonds is 8. The Morgan fingerprint density at radius 2 is 1.72 bits per heavy atom. The van der Waals surface area contributed by atoms with Crippen molar-refractivity contribution in [3.8, 4) is 5.75 Å². The molecule has 0 saturated carbocycles. The van der Waals surface area contributed by atoms with Gasteiger partial charge in [0.1, 0.15) is 5.75 Å². The highest BCUT2D eigenvalue weighted by atomic mass is 32.2. The highest BCUT2D eigenvalue weighted by Gasteiger charge is 2.17. The van der Waals surface area contributed by atoms with E-state index >= 15 is 0 Å². The normalized spacial score (nSPS) is 15.5. The van der Waals surface area contributed by atoms with Crippen molar-refractivity contribution >= 4 is 15.7 Å². The average molecular weight is 418 g/mol. The summed E-state index contributed by atoms with van der Waals surface area (Å²) in [5.41, 5.74) is 3.16. The molecule has 0 amide bonds. The molecule has 1 aliphatic heterocycles. The number of methoxy groups -OCH3 is 1. The van der Waals surface area contributed by atoms with Crippen LogP contribution in [-0.4, -0.2) is 60.2 Å². The quantitative estimate of drug-likeness (QED) is 0.669. The fourth-order valence-corrected chi connectivity index (χ4v) is 4.86. The third-order valence-corrected chi connectivity index (χ3v) is 7.03. The van der Waals surface area contributed by atoms with Gasteiger partial charge in [0.15, 0.2) is 0 Å². The molecule has 6 nitrogen and oxygen atoms in total. The van der Waals surface area contributed by atoms with E-state index in [-0.39, 0.29) is 0 Å². The van der Waals surface area contributed by atoms with Crippen LogP contribution in [0.1, 0.15) is 17.5 Å². The largest absolute Gasteiger partial charge is 0.497 e. The molecule has 2 aromatic carbocycles. The van der Waals surface area contributed by atoms with Gasteiger partial charge in [0, 0.05) is 38.4 Å². The minimum atomic E-state index is -3.51. The van der Waals surface area contributed by atoms with Gasteiger partial charge >= 0.3 is 0 Å². The van der Waals surface area contributed by atoms with Gasteiger partial charge < -0.3 is 14.5 Å². The number of likely N-dealkylation sites (N-methyl/N-ethyl adjacent to an activating group) is 1. The minimum Gasteiger partial charge on any atom is -0.497 e. The van der Waals surface area contributed by atoms with Gasteiger partial charge in [-0.3, -0.25) is 0 Å². The Morgan fingerprint density at radius 1 is 1.03 bits per heavy atom. The van der Waals surface area contributed by atoms with E-state index in [0.717, 1.165) is 39.0 Å². The summed E-state index contributed by atoms with van der Waals surface area (Å²) in [6, 6.07) is 13.6. The molecule has 1 saturated heterocycles. The van der Waals surface area contributed by atoms with Crippen molar-refractivity contribution in [1.29, 1.82) is 0 Å². The van der Waals surface area contributed by atoms with Crippen LogP contribution in [0.25, 0.3) is 0 Å². The van der Waals surface area contributed by atoms with Crippen LogP contribution in [0.2, 0.25) is 0 Å². The average Bonchev–Trinajstić information content (AvgIpc) is 2.72. The minimum absolute atomic E-state index is 0.301. The Bertz CT molecular complexity index is 905. The van der Waals surface area contributed by atoms with E-state index in [0.29, 0.717) is 22.8 Å². The highest BCUT2D eigenvalue weighted by Crippen LogP contribution is 2.21. The zero-order chi connectivity index (χ0) is 20.9. The first-order valence-corrected chi connectivity index (χ1v) is 11.5. The van der Waals surface area contributed by atoms with E-state index in [1.807, 2.05) is 0 Å². The monoisotopic (exact) mass is 417 g/mol. The first-order chi connectivity index (χ1) is 13.9. The number of sulfonamides is 1. The molecule has 1 aliphatic rings. The topological polar surface area (TPSA) is 61.9 Å². The predicted molar refractivity (Wildman–Crippen MR) is 117 cm³/mol. The third-order valence-electron chi connectivity index (χ3n) is 5.41. The van der Waals surface area contributed by atoms with Gasteiger partial charge in [0.2, 0.25) is 10.0 Å². The SMILES string of the molecule is COc1ccc(S(=O)(=O)NCCCc2ccc(N3CCN(C)CC3)cc2)c(C)c1.